The lowest BCUT2D eigenvalue weighted by Gasteiger charge is -2.22. The predicted octanol–water partition coefficient (Wildman–Crippen LogP) is 2.46. The Balaban J connectivity index is 2.02. The Morgan fingerprint density at radius 1 is 1.42 bits per heavy atom. The lowest BCUT2D eigenvalue weighted by Crippen LogP contribution is -2.19. The van der Waals surface area contributed by atoms with E-state index in [1.54, 1.807) is 0 Å². The Hall–Kier alpha value is -0.790. The second kappa shape index (κ2) is 2.92. The summed E-state index contributed by atoms with van der Waals surface area (Å²) in [4.78, 5) is 0. The Morgan fingerprint density at radius 3 is 2.75 bits per heavy atom. The van der Waals surface area contributed by atoms with E-state index in [1.807, 2.05) is 12.3 Å². The summed E-state index contributed by atoms with van der Waals surface area (Å²) in [5.41, 5.74) is 0.520. The summed E-state index contributed by atoms with van der Waals surface area (Å²) in [6, 6.07) is 2.00. The molecule has 0 aromatic carbocycles. The van der Waals surface area contributed by atoms with E-state index in [4.69, 9.17) is 0 Å². The summed E-state index contributed by atoms with van der Waals surface area (Å²) in [6.45, 7) is 3.47. The first-order valence-corrected chi connectivity index (χ1v) is 4.76. The summed E-state index contributed by atoms with van der Waals surface area (Å²) in [6.07, 6.45) is 9.46. The molecular formula is C10H16N2. The van der Waals surface area contributed by atoms with Crippen molar-refractivity contribution in [2.75, 3.05) is 0 Å². The Labute approximate surface area is 73.6 Å². The van der Waals surface area contributed by atoms with Gasteiger partial charge >= 0.3 is 0 Å². The van der Waals surface area contributed by atoms with Crippen molar-refractivity contribution in [1.82, 2.24) is 9.78 Å². The van der Waals surface area contributed by atoms with Crippen LogP contribution < -0.4 is 0 Å². The molecule has 1 saturated carbocycles. The molecule has 1 aliphatic carbocycles. The number of nitrogens with zero attached hydrogens (tertiary/aromatic N) is 2. The van der Waals surface area contributed by atoms with Gasteiger partial charge in [-0.3, -0.25) is 4.68 Å². The fourth-order valence-electron chi connectivity index (χ4n) is 2.17. The van der Waals surface area contributed by atoms with Crippen LogP contribution in [0.4, 0.5) is 0 Å². The van der Waals surface area contributed by atoms with Crippen LogP contribution in [0, 0.1) is 5.41 Å². The molecule has 2 rings (SSSR count). The average molecular weight is 164 g/mol. The molecule has 0 spiro atoms. The SMILES string of the molecule is CC1(Cn2cccn2)CCCC1. The zero-order chi connectivity index (χ0) is 8.44. The highest BCUT2D eigenvalue weighted by Gasteiger charge is 2.28. The maximum absolute atomic E-state index is 4.24. The fourth-order valence-corrected chi connectivity index (χ4v) is 2.17. The van der Waals surface area contributed by atoms with E-state index in [-0.39, 0.29) is 0 Å². The van der Waals surface area contributed by atoms with Crippen LogP contribution in [0.25, 0.3) is 0 Å². The van der Waals surface area contributed by atoms with Crippen molar-refractivity contribution in [3.8, 4) is 0 Å². The van der Waals surface area contributed by atoms with Gasteiger partial charge in [-0.1, -0.05) is 19.8 Å². The van der Waals surface area contributed by atoms with Gasteiger partial charge < -0.3 is 0 Å². The summed E-state index contributed by atoms with van der Waals surface area (Å²) in [5, 5.41) is 4.24. The van der Waals surface area contributed by atoms with E-state index in [0.717, 1.165) is 6.54 Å². The Bertz CT molecular complexity index is 232. The summed E-state index contributed by atoms with van der Waals surface area (Å²) < 4.78 is 2.06. The third-order valence-electron chi connectivity index (χ3n) is 2.91. The summed E-state index contributed by atoms with van der Waals surface area (Å²) in [5.74, 6) is 0. The van der Waals surface area contributed by atoms with Gasteiger partial charge in [0.15, 0.2) is 0 Å². The quantitative estimate of drug-likeness (QED) is 0.656. The second-order valence-electron chi connectivity index (χ2n) is 4.22. The molecule has 2 heteroatoms. The van der Waals surface area contributed by atoms with Gasteiger partial charge in [0.05, 0.1) is 0 Å². The Morgan fingerprint density at radius 2 is 2.17 bits per heavy atom. The maximum Gasteiger partial charge on any atom is 0.0489 e. The highest BCUT2D eigenvalue weighted by Crippen LogP contribution is 2.38. The molecule has 12 heavy (non-hydrogen) atoms. The monoisotopic (exact) mass is 164 g/mol. The third-order valence-corrected chi connectivity index (χ3v) is 2.91. The normalized spacial score (nSPS) is 21.4. The second-order valence-corrected chi connectivity index (χ2v) is 4.22. The van der Waals surface area contributed by atoms with Crippen molar-refractivity contribution in [2.24, 2.45) is 5.41 Å². The molecule has 1 aliphatic rings. The van der Waals surface area contributed by atoms with Gasteiger partial charge in [-0.15, -0.1) is 0 Å². The van der Waals surface area contributed by atoms with Crippen LogP contribution in [0.1, 0.15) is 32.6 Å². The minimum atomic E-state index is 0.520. The first-order chi connectivity index (χ1) is 5.79. The standard InChI is InChI=1S/C10H16N2/c1-10(5-2-3-6-10)9-12-8-4-7-11-12/h4,7-8H,2-3,5-6,9H2,1H3. The topological polar surface area (TPSA) is 17.8 Å². The predicted molar refractivity (Wildman–Crippen MR) is 48.8 cm³/mol. The maximum atomic E-state index is 4.24. The van der Waals surface area contributed by atoms with Crippen molar-refractivity contribution in [3.63, 3.8) is 0 Å². The summed E-state index contributed by atoms with van der Waals surface area (Å²) >= 11 is 0. The van der Waals surface area contributed by atoms with Crippen molar-refractivity contribution < 1.29 is 0 Å². The number of hydrogen-bond acceptors (Lipinski definition) is 1. The first-order valence-electron chi connectivity index (χ1n) is 4.76. The molecule has 66 valence electrons. The van der Waals surface area contributed by atoms with Gasteiger partial charge in [-0.25, -0.2) is 0 Å². The van der Waals surface area contributed by atoms with Gasteiger partial charge in [-0.2, -0.15) is 5.10 Å². The van der Waals surface area contributed by atoms with E-state index < -0.39 is 0 Å². The van der Waals surface area contributed by atoms with Gasteiger partial charge in [0.25, 0.3) is 0 Å². The van der Waals surface area contributed by atoms with E-state index in [1.165, 1.54) is 25.7 Å². The van der Waals surface area contributed by atoms with E-state index in [9.17, 15) is 0 Å². The smallest absolute Gasteiger partial charge is 0.0489 e. The lowest BCUT2D eigenvalue weighted by atomic mass is 9.89. The molecule has 0 unspecified atom stereocenters. The average Bonchev–Trinajstić information content (AvgIpc) is 2.62. The molecule has 1 fully saturated rings. The highest BCUT2D eigenvalue weighted by molar-refractivity contribution is 4.84. The largest absolute Gasteiger partial charge is 0.272 e. The zero-order valence-electron chi connectivity index (χ0n) is 7.66. The zero-order valence-corrected chi connectivity index (χ0v) is 7.66. The van der Waals surface area contributed by atoms with Crippen LogP contribution in [-0.2, 0) is 6.54 Å². The number of aromatic nitrogens is 2. The molecule has 0 amide bonds. The van der Waals surface area contributed by atoms with Crippen LogP contribution in [0.5, 0.6) is 0 Å². The molecule has 0 aliphatic heterocycles. The molecule has 0 bridgehead atoms. The fraction of sp³-hybridized carbons (Fsp3) is 0.700. The van der Waals surface area contributed by atoms with Crippen molar-refractivity contribution in [1.29, 1.82) is 0 Å². The number of hydrogen-bond donors (Lipinski definition) is 0. The van der Waals surface area contributed by atoms with Crippen molar-refractivity contribution in [2.45, 2.75) is 39.2 Å². The summed E-state index contributed by atoms with van der Waals surface area (Å²) in [7, 11) is 0. The molecule has 1 heterocycles. The van der Waals surface area contributed by atoms with E-state index in [2.05, 4.69) is 22.9 Å². The van der Waals surface area contributed by atoms with Crippen LogP contribution in [0.15, 0.2) is 18.5 Å². The van der Waals surface area contributed by atoms with Gasteiger partial charge in [-0.05, 0) is 24.3 Å². The molecule has 0 atom stereocenters. The van der Waals surface area contributed by atoms with Crippen molar-refractivity contribution >= 4 is 0 Å². The van der Waals surface area contributed by atoms with Gasteiger partial charge in [0.1, 0.15) is 0 Å². The van der Waals surface area contributed by atoms with Crippen LogP contribution in [-0.4, -0.2) is 9.78 Å². The minimum absolute atomic E-state index is 0.520. The Kier molecular flexibility index (Phi) is 1.91. The van der Waals surface area contributed by atoms with Crippen LogP contribution in [0.2, 0.25) is 0 Å². The third kappa shape index (κ3) is 1.52. The lowest BCUT2D eigenvalue weighted by molar-refractivity contribution is 0.268. The van der Waals surface area contributed by atoms with Gasteiger partial charge in [0, 0.05) is 18.9 Å². The van der Waals surface area contributed by atoms with E-state index >= 15 is 0 Å². The highest BCUT2D eigenvalue weighted by atomic mass is 15.3. The molecule has 1 aromatic heterocycles. The van der Waals surface area contributed by atoms with Crippen LogP contribution in [0.3, 0.4) is 0 Å². The molecule has 1 aromatic rings. The molecule has 0 radical (unpaired) electrons. The molecule has 2 nitrogen and oxygen atoms in total. The van der Waals surface area contributed by atoms with Gasteiger partial charge in [0.2, 0.25) is 0 Å². The molecular weight excluding hydrogens is 148 g/mol. The number of rotatable bonds is 2. The molecule has 0 saturated heterocycles. The first kappa shape index (κ1) is 7.84. The van der Waals surface area contributed by atoms with Crippen LogP contribution >= 0.6 is 0 Å². The minimum Gasteiger partial charge on any atom is -0.272 e. The van der Waals surface area contributed by atoms with Crippen molar-refractivity contribution in [3.05, 3.63) is 18.5 Å². The molecule has 0 N–H and O–H groups in total. The van der Waals surface area contributed by atoms with E-state index in [0.29, 0.717) is 5.41 Å².